The molecule has 0 aliphatic heterocycles. The van der Waals surface area contributed by atoms with Crippen LogP contribution in [0.4, 0.5) is 4.79 Å². The number of nitrogens with zero attached hydrogens (tertiary/aromatic N) is 1. The summed E-state index contributed by atoms with van der Waals surface area (Å²) in [6.07, 6.45) is 5.99. The van der Waals surface area contributed by atoms with Crippen LogP contribution in [0, 0.1) is 0 Å². The Kier molecular flexibility index (Phi) is 6.04. The number of amides is 2. The van der Waals surface area contributed by atoms with Crippen LogP contribution in [-0.2, 0) is 4.79 Å². The van der Waals surface area contributed by atoms with Crippen molar-refractivity contribution in [2.75, 3.05) is 18.6 Å². The van der Waals surface area contributed by atoms with Crippen LogP contribution in [0.15, 0.2) is 12.7 Å². The second kappa shape index (κ2) is 7.31. The Labute approximate surface area is 112 Å². The molecule has 0 aromatic heterocycles. The molecule has 102 valence electrons. The van der Waals surface area contributed by atoms with Gasteiger partial charge < -0.3 is 15.3 Å². The first-order valence-electron chi connectivity index (χ1n) is 6.00. The number of carbonyl (C=O) groups excluding carboxylic acids is 1. The standard InChI is InChI=1S/C12H20N2O3S/c1-3-7-14(9-4-5-9)12(17)13-10(11(15)16)6-8-18-2/h3,9-10H,1,4-8H2,2H3,(H,13,17)(H,15,16)/t10-/m0/s1. The van der Waals surface area contributed by atoms with Crippen LogP contribution in [0.1, 0.15) is 19.3 Å². The highest BCUT2D eigenvalue weighted by Gasteiger charge is 2.33. The molecule has 1 saturated carbocycles. The fourth-order valence-electron chi connectivity index (χ4n) is 1.65. The normalized spacial score (nSPS) is 15.8. The fraction of sp³-hybridized carbons (Fsp3) is 0.667. The van der Waals surface area contributed by atoms with Gasteiger partial charge in [0.15, 0.2) is 0 Å². The number of carbonyl (C=O) groups is 2. The third kappa shape index (κ3) is 4.60. The van der Waals surface area contributed by atoms with Crippen molar-refractivity contribution in [1.29, 1.82) is 0 Å². The third-order valence-corrected chi connectivity index (χ3v) is 3.42. The van der Waals surface area contributed by atoms with E-state index in [2.05, 4.69) is 11.9 Å². The van der Waals surface area contributed by atoms with Crippen molar-refractivity contribution in [3.8, 4) is 0 Å². The van der Waals surface area contributed by atoms with Gasteiger partial charge in [0.1, 0.15) is 6.04 Å². The molecule has 1 atom stereocenters. The molecule has 1 fully saturated rings. The summed E-state index contributed by atoms with van der Waals surface area (Å²) in [6.45, 7) is 4.08. The van der Waals surface area contributed by atoms with Gasteiger partial charge in [-0.25, -0.2) is 9.59 Å². The van der Waals surface area contributed by atoms with Crippen molar-refractivity contribution < 1.29 is 14.7 Å². The topological polar surface area (TPSA) is 69.6 Å². The number of hydrogen-bond donors (Lipinski definition) is 2. The van der Waals surface area contributed by atoms with E-state index in [9.17, 15) is 9.59 Å². The van der Waals surface area contributed by atoms with Gasteiger partial charge in [0, 0.05) is 12.6 Å². The van der Waals surface area contributed by atoms with E-state index in [0.29, 0.717) is 18.7 Å². The molecule has 1 aliphatic rings. The van der Waals surface area contributed by atoms with E-state index in [1.165, 1.54) is 0 Å². The molecule has 0 aromatic carbocycles. The average molecular weight is 272 g/mol. The predicted molar refractivity (Wildman–Crippen MR) is 72.9 cm³/mol. The minimum Gasteiger partial charge on any atom is -0.480 e. The average Bonchev–Trinajstić information content (AvgIpc) is 3.14. The van der Waals surface area contributed by atoms with Crippen LogP contribution < -0.4 is 5.32 Å². The number of nitrogens with one attached hydrogen (secondary N) is 1. The molecule has 0 spiro atoms. The van der Waals surface area contributed by atoms with E-state index in [0.717, 1.165) is 12.8 Å². The summed E-state index contributed by atoms with van der Waals surface area (Å²) >= 11 is 1.57. The highest BCUT2D eigenvalue weighted by Crippen LogP contribution is 2.26. The molecule has 2 amide bonds. The van der Waals surface area contributed by atoms with Gasteiger partial charge in [-0.1, -0.05) is 6.08 Å². The molecule has 1 aliphatic carbocycles. The van der Waals surface area contributed by atoms with Crippen molar-refractivity contribution in [3.63, 3.8) is 0 Å². The largest absolute Gasteiger partial charge is 0.480 e. The van der Waals surface area contributed by atoms with Crippen molar-refractivity contribution in [1.82, 2.24) is 10.2 Å². The maximum absolute atomic E-state index is 12.0. The number of hydrogen-bond acceptors (Lipinski definition) is 3. The molecule has 6 heteroatoms. The second-order valence-corrected chi connectivity index (χ2v) is 5.28. The van der Waals surface area contributed by atoms with Gasteiger partial charge in [-0.3, -0.25) is 0 Å². The van der Waals surface area contributed by atoms with Gasteiger partial charge in [0.25, 0.3) is 0 Å². The number of aliphatic carboxylic acids is 1. The minimum atomic E-state index is -0.980. The monoisotopic (exact) mass is 272 g/mol. The summed E-state index contributed by atoms with van der Waals surface area (Å²) in [4.78, 5) is 24.7. The van der Waals surface area contributed by atoms with Crippen molar-refractivity contribution in [2.24, 2.45) is 0 Å². The molecular weight excluding hydrogens is 252 g/mol. The number of carboxylic acids is 1. The summed E-state index contributed by atoms with van der Waals surface area (Å²) in [5, 5.41) is 11.6. The zero-order valence-corrected chi connectivity index (χ0v) is 11.4. The molecule has 0 aromatic rings. The highest BCUT2D eigenvalue weighted by molar-refractivity contribution is 7.98. The number of urea groups is 1. The maximum Gasteiger partial charge on any atom is 0.326 e. The van der Waals surface area contributed by atoms with Gasteiger partial charge >= 0.3 is 12.0 Å². The lowest BCUT2D eigenvalue weighted by Gasteiger charge is -2.23. The first kappa shape index (κ1) is 14.9. The molecule has 0 bridgehead atoms. The Balaban J connectivity index is 2.52. The van der Waals surface area contributed by atoms with Crippen molar-refractivity contribution >= 4 is 23.8 Å². The lowest BCUT2D eigenvalue weighted by Crippen LogP contribution is -2.49. The third-order valence-electron chi connectivity index (χ3n) is 2.78. The Hall–Kier alpha value is -1.17. The van der Waals surface area contributed by atoms with E-state index in [1.54, 1.807) is 22.7 Å². The second-order valence-electron chi connectivity index (χ2n) is 4.29. The van der Waals surface area contributed by atoms with Gasteiger partial charge in [-0.2, -0.15) is 11.8 Å². The smallest absolute Gasteiger partial charge is 0.326 e. The van der Waals surface area contributed by atoms with Crippen LogP contribution in [0.2, 0.25) is 0 Å². The van der Waals surface area contributed by atoms with Crippen LogP contribution in [0.25, 0.3) is 0 Å². The van der Waals surface area contributed by atoms with E-state index in [4.69, 9.17) is 5.11 Å². The van der Waals surface area contributed by atoms with E-state index < -0.39 is 12.0 Å². The molecule has 5 nitrogen and oxygen atoms in total. The molecular formula is C12H20N2O3S. The summed E-state index contributed by atoms with van der Waals surface area (Å²) in [5.74, 6) is -0.269. The highest BCUT2D eigenvalue weighted by atomic mass is 32.2. The molecule has 2 N–H and O–H groups in total. The molecule has 0 unspecified atom stereocenters. The van der Waals surface area contributed by atoms with Crippen LogP contribution in [-0.4, -0.2) is 52.6 Å². The van der Waals surface area contributed by atoms with Crippen molar-refractivity contribution in [2.45, 2.75) is 31.3 Å². The summed E-state index contributed by atoms with van der Waals surface area (Å²) in [6, 6.07) is -0.861. The van der Waals surface area contributed by atoms with E-state index in [-0.39, 0.29) is 12.1 Å². The van der Waals surface area contributed by atoms with Gasteiger partial charge in [-0.05, 0) is 31.3 Å². The molecule has 1 rings (SSSR count). The summed E-state index contributed by atoms with van der Waals surface area (Å²) in [5.41, 5.74) is 0. The van der Waals surface area contributed by atoms with Crippen LogP contribution in [0.3, 0.4) is 0 Å². The maximum atomic E-state index is 12.0. The molecule has 0 radical (unpaired) electrons. The zero-order valence-electron chi connectivity index (χ0n) is 10.6. The van der Waals surface area contributed by atoms with Crippen LogP contribution in [0.5, 0.6) is 0 Å². The number of carboxylic acid groups (broad SMARTS) is 1. The van der Waals surface area contributed by atoms with Gasteiger partial charge in [0.05, 0.1) is 0 Å². The Morgan fingerprint density at radius 3 is 2.72 bits per heavy atom. The summed E-state index contributed by atoms with van der Waals surface area (Å²) < 4.78 is 0. The zero-order chi connectivity index (χ0) is 13.5. The van der Waals surface area contributed by atoms with Gasteiger partial charge in [0.2, 0.25) is 0 Å². The SMILES string of the molecule is C=CCN(C(=O)N[C@@H](CCSC)C(=O)O)C1CC1. The first-order chi connectivity index (χ1) is 8.60. The first-order valence-corrected chi connectivity index (χ1v) is 7.39. The van der Waals surface area contributed by atoms with Crippen LogP contribution >= 0.6 is 11.8 Å². The van der Waals surface area contributed by atoms with Gasteiger partial charge in [-0.15, -0.1) is 6.58 Å². The minimum absolute atomic E-state index is 0.248. The Bertz CT molecular complexity index is 318. The molecule has 0 heterocycles. The molecule has 0 saturated heterocycles. The fourth-order valence-corrected chi connectivity index (χ4v) is 2.12. The van der Waals surface area contributed by atoms with E-state index in [1.807, 2.05) is 6.26 Å². The number of rotatable bonds is 8. The Morgan fingerprint density at radius 2 is 2.28 bits per heavy atom. The Morgan fingerprint density at radius 1 is 1.61 bits per heavy atom. The van der Waals surface area contributed by atoms with Crippen molar-refractivity contribution in [3.05, 3.63) is 12.7 Å². The molecule has 18 heavy (non-hydrogen) atoms. The predicted octanol–water partition coefficient (Wildman–Crippen LogP) is 1.55. The summed E-state index contributed by atoms with van der Waals surface area (Å²) in [7, 11) is 0. The quantitative estimate of drug-likeness (QED) is 0.658. The number of thioether (sulfide) groups is 1. The van der Waals surface area contributed by atoms with E-state index >= 15 is 0 Å². The lowest BCUT2D eigenvalue weighted by atomic mass is 10.2. The lowest BCUT2D eigenvalue weighted by molar-refractivity contribution is -0.139.